The summed E-state index contributed by atoms with van der Waals surface area (Å²) in [5.41, 5.74) is 3.73. The van der Waals surface area contributed by atoms with Gasteiger partial charge in [-0.25, -0.2) is 4.68 Å². The van der Waals surface area contributed by atoms with E-state index in [4.69, 9.17) is 14.6 Å². The fourth-order valence-corrected chi connectivity index (χ4v) is 5.05. The van der Waals surface area contributed by atoms with Crippen LogP contribution in [0.5, 0.6) is 11.6 Å². The molecule has 35 heavy (non-hydrogen) atoms. The fraction of sp³-hybridized carbons (Fsp3) is 0.286. The van der Waals surface area contributed by atoms with E-state index in [2.05, 4.69) is 0 Å². The highest BCUT2D eigenvalue weighted by atomic mass is 32.1. The van der Waals surface area contributed by atoms with Crippen LogP contribution in [0.25, 0.3) is 5.69 Å². The largest absolute Gasteiger partial charge is 0.439 e. The molecule has 180 valence electrons. The summed E-state index contributed by atoms with van der Waals surface area (Å²) in [6.07, 6.45) is 2.03. The van der Waals surface area contributed by atoms with Crippen molar-refractivity contribution in [1.82, 2.24) is 14.7 Å². The number of hydrogen-bond donors (Lipinski definition) is 0. The summed E-state index contributed by atoms with van der Waals surface area (Å²) in [5.74, 6) is 1.36. The molecular formula is C28H29N3O3S. The lowest BCUT2D eigenvalue weighted by Gasteiger charge is -2.25. The quantitative estimate of drug-likeness (QED) is 0.298. The molecule has 1 saturated heterocycles. The molecule has 7 heteroatoms. The zero-order chi connectivity index (χ0) is 24.2. The van der Waals surface area contributed by atoms with Gasteiger partial charge in [0.2, 0.25) is 5.88 Å². The first-order valence-corrected chi connectivity index (χ1v) is 12.8. The summed E-state index contributed by atoms with van der Waals surface area (Å²) in [6, 6.07) is 21.7. The Balaban J connectivity index is 1.54. The van der Waals surface area contributed by atoms with Crippen LogP contribution in [-0.4, -0.2) is 39.8 Å². The highest BCUT2D eigenvalue weighted by Crippen LogP contribution is 2.33. The SMILES string of the molecule is Cc1cccc(Oc2c(CN(CC3CCCO3)C(=O)c3cccs3)c(C)nn2-c2ccccc2)c1. The standard InChI is InChI=1S/C28H29N3O3S/c1-20-9-6-12-23(17-20)34-28-25(21(2)29-31(28)22-10-4-3-5-11-22)19-30(18-24-13-7-15-33-24)27(32)26-14-8-16-35-26/h3-6,8-12,14,16-17,24H,7,13,15,18-19H2,1-2H3. The molecular weight excluding hydrogens is 458 g/mol. The van der Waals surface area contributed by atoms with E-state index in [1.807, 2.05) is 95.5 Å². The molecule has 2 aromatic carbocycles. The van der Waals surface area contributed by atoms with Crippen molar-refractivity contribution in [3.05, 3.63) is 93.8 Å². The van der Waals surface area contributed by atoms with Gasteiger partial charge in [0.25, 0.3) is 5.91 Å². The molecule has 0 saturated carbocycles. The first-order valence-electron chi connectivity index (χ1n) is 11.9. The number of para-hydroxylation sites is 1. The molecule has 1 aliphatic heterocycles. The lowest BCUT2D eigenvalue weighted by Crippen LogP contribution is -2.36. The first-order chi connectivity index (χ1) is 17.1. The average molecular weight is 488 g/mol. The van der Waals surface area contributed by atoms with Gasteiger partial charge in [-0.05, 0) is 68.0 Å². The maximum Gasteiger partial charge on any atom is 0.264 e. The molecule has 4 aromatic rings. The second-order valence-electron chi connectivity index (χ2n) is 8.83. The number of carbonyl (C=O) groups is 1. The molecule has 3 heterocycles. The fourth-order valence-electron chi connectivity index (χ4n) is 4.36. The van der Waals surface area contributed by atoms with Crippen LogP contribution in [0.3, 0.4) is 0 Å². The number of carbonyl (C=O) groups excluding carboxylic acids is 1. The number of hydrogen-bond acceptors (Lipinski definition) is 5. The lowest BCUT2D eigenvalue weighted by atomic mass is 10.2. The second-order valence-corrected chi connectivity index (χ2v) is 9.78. The number of thiophene rings is 1. The second kappa shape index (κ2) is 10.5. The number of aromatic nitrogens is 2. The van der Waals surface area contributed by atoms with Gasteiger partial charge in [-0.3, -0.25) is 4.79 Å². The summed E-state index contributed by atoms with van der Waals surface area (Å²) < 4.78 is 14.2. The molecule has 0 aliphatic carbocycles. The third kappa shape index (κ3) is 5.31. The molecule has 6 nitrogen and oxygen atoms in total. The van der Waals surface area contributed by atoms with Crippen LogP contribution in [0, 0.1) is 13.8 Å². The van der Waals surface area contributed by atoms with E-state index in [0.717, 1.165) is 52.6 Å². The van der Waals surface area contributed by atoms with Crippen LogP contribution in [0.4, 0.5) is 0 Å². The monoisotopic (exact) mass is 487 g/mol. The molecule has 1 aliphatic rings. The van der Waals surface area contributed by atoms with Crippen LogP contribution >= 0.6 is 11.3 Å². The molecule has 0 spiro atoms. The third-order valence-electron chi connectivity index (χ3n) is 6.16. The van der Waals surface area contributed by atoms with Crippen molar-refractivity contribution in [2.75, 3.05) is 13.2 Å². The van der Waals surface area contributed by atoms with Gasteiger partial charge in [0.15, 0.2) is 0 Å². The van der Waals surface area contributed by atoms with E-state index < -0.39 is 0 Å². The van der Waals surface area contributed by atoms with Gasteiger partial charge in [0.05, 0.1) is 34.5 Å². The Hall–Kier alpha value is -3.42. The summed E-state index contributed by atoms with van der Waals surface area (Å²) in [7, 11) is 0. The van der Waals surface area contributed by atoms with Crippen molar-refractivity contribution in [1.29, 1.82) is 0 Å². The molecule has 0 bridgehead atoms. The van der Waals surface area contributed by atoms with Crippen LogP contribution < -0.4 is 4.74 Å². The van der Waals surface area contributed by atoms with Gasteiger partial charge >= 0.3 is 0 Å². The van der Waals surface area contributed by atoms with Gasteiger partial charge in [-0.2, -0.15) is 5.10 Å². The lowest BCUT2D eigenvalue weighted by molar-refractivity contribution is 0.0509. The molecule has 5 rings (SSSR count). The van der Waals surface area contributed by atoms with Crippen molar-refractivity contribution in [3.8, 4) is 17.3 Å². The van der Waals surface area contributed by atoms with Crippen LogP contribution in [0.1, 0.15) is 39.3 Å². The molecule has 2 aromatic heterocycles. The van der Waals surface area contributed by atoms with Gasteiger partial charge in [0, 0.05) is 13.2 Å². The van der Waals surface area contributed by atoms with Gasteiger partial charge in [0.1, 0.15) is 5.75 Å². The van der Waals surface area contributed by atoms with E-state index in [1.165, 1.54) is 11.3 Å². The Kier molecular flexibility index (Phi) is 6.97. The van der Waals surface area contributed by atoms with Crippen molar-refractivity contribution in [2.45, 2.75) is 39.3 Å². The Morgan fingerprint density at radius 1 is 1.14 bits per heavy atom. The van der Waals surface area contributed by atoms with Gasteiger partial charge in [-0.1, -0.05) is 36.4 Å². The van der Waals surface area contributed by atoms with Crippen LogP contribution in [0.2, 0.25) is 0 Å². The molecule has 0 radical (unpaired) electrons. The Bertz CT molecular complexity index is 1280. The molecule has 1 fully saturated rings. The normalized spacial score (nSPS) is 15.3. The van der Waals surface area contributed by atoms with Crippen molar-refractivity contribution in [3.63, 3.8) is 0 Å². The topological polar surface area (TPSA) is 56.6 Å². The predicted molar refractivity (Wildman–Crippen MR) is 138 cm³/mol. The highest BCUT2D eigenvalue weighted by Gasteiger charge is 2.28. The van der Waals surface area contributed by atoms with Crippen molar-refractivity contribution < 1.29 is 14.3 Å². The molecule has 1 atom stereocenters. The van der Waals surface area contributed by atoms with Crippen molar-refractivity contribution in [2.24, 2.45) is 0 Å². The zero-order valence-corrected chi connectivity index (χ0v) is 20.8. The average Bonchev–Trinajstić information content (AvgIpc) is 3.63. The predicted octanol–water partition coefficient (Wildman–Crippen LogP) is 6.16. The van der Waals surface area contributed by atoms with Gasteiger partial charge < -0.3 is 14.4 Å². The zero-order valence-electron chi connectivity index (χ0n) is 20.0. The summed E-state index contributed by atoms with van der Waals surface area (Å²) in [5, 5.41) is 6.76. The first kappa shape index (κ1) is 23.3. The van der Waals surface area contributed by atoms with E-state index in [-0.39, 0.29) is 12.0 Å². The minimum absolute atomic E-state index is 0.00358. The number of benzene rings is 2. The van der Waals surface area contributed by atoms with E-state index >= 15 is 0 Å². The van der Waals surface area contributed by atoms with E-state index in [1.54, 1.807) is 0 Å². The van der Waals surface area contributed by atoms with Crippen molar-refractivity contribution >= 4 is 17.2 Å². The van der Waals surface area contributed by atoms with Crippen LogP contribution in [-0.2, 0) is 11.3 Å². The number of ether oxygens (including phenoxy) is 2. The Labute approximate surface area is 209 Å². The van der Waals surface area contributed by atoms with Crippen LogP contribution in [0.15, 0.2) is 72.1 Å². The summed E-state index contributed by atoms with van der Waals surface area (Å²) >= 11 is 1.46. The third-order valence-corrected chi connectivity index (χ3v) is 7.02. The number of amides is 1. The molecule has 0 N–H and O–H groups in total. The smallest absolute Gasteiger partial charge is 0.264 e. The Morgan fingerprint density at radius 2 is 2.00 bits per heavy atom. The minimum Gasteiger partial charge on any atom is -0.439 e. The highest BCUT2D eigenvalue weighted by molar-refractivity contribution is 7.12. The number of rotatable bonds is 8. The minimum atomic E-state index is 0.00358. The summed E-state index contributed by atoms with van der Waals surface area (Å²) in [6.45, 7) is 5.68. The number of aryl methyl sites for hydroxylation is 2. The summed E-state index contributed by atoms with van der Waals surface area (Å²) in [4.78, 5) is 16.1. The molecule has 1 amide bonds. The van der Waals surface area contributed by atoms with Gasteiger partial charge in [-0.15, -0.1) is 11.3 Å². The van der Waals surface area contributed by atoms with E-state index in [9.17, 15) is 4.79 Å². The Morgan fingerprint density at radius 3 is 2.71 bits per heavy atom. The maximum atomic E-state index is 13.5. The maximum absolute atomic E-state index is 13.5. The molecule has 1 unspecified atom stereocenters. The van der Waals surface area contributed by atoms with E-state index in [0.29, 0.717) is 19.0 Å². The number of nitrogens with zero attached hydrogens (tertiary/aromatic N) is 3.